The number of aliphatic hydroxyl groups excluding tert-OH is 1. The number of thiophene rings is 1. The quantitative estimate of drug-likeness (QED) is 0.561. The standard InChI is InChI=1S/C20H20ClNO2S/c21-18-7-3-4-8-19(18)24-11-10-22-13-15-5-1-2-6-16(15)17-9-12-25-20(17)14-23/h1-9,12,22-23H,10-11,13-14H2. The van der Waals surface area contributed by atoms with Gasteiger partial charge in [0.1, 0.15) is 12.4 Å². The van der Waals surface area contributed by atoms with Gasteiger partial charge >= 0.3 is 0 Å². The third-order valence-electron chi connectivity index (χ3n) is 3.89. The lowest BCUT2D eigenvalue weighted by atomic mass is 10.0. The number of hydrogen-bond acceptors (Lipinski definition) is 4. The predicted octanol–water partition coefficient (Wildman–Crippen LogP) is 4.73. The minimum atomic E-state index is 0.0699. The van der Waals surface area contributed by atoms with E-state index in [2.05, 4.69) is 23.5 Å². The number of nitrogens with one attached hydrogen (secondary N) is 1. The lowest BCUT2D eigenvalue weighted by molar-refractivity contribution is 0.286. The molecule has 0 atom stereocenters. The molecule has 2 aromatic carbocycles. The van der Waals surface area contributed by atoms with Crippen molar-refractivity contribution in [3.63, 3.8) is 0 Å². The van der Waals surface area contributed by atoms with Gasteiger partial charge in [-0.1, -0.05) is 48.0 Å². The topological polar surface area (TPSA) is 41.5 Å². The molecule has 3 rings (SSSR count). The summed E-state index contributed by atoms with van der Waals surface area (Å²) in [6.07, 6.45) is 0. The number of hydrogen-bond donors (Lipinski definition) is 2. The van der Waals surface area contributed by atoms with Crippen LogP contribution < -0.4 is 10.1 Å². The third-order valence-corrected chi connectivity index (χ3v) is 5.10. The van der Waals surface area contributed by atoms with Crippen molar-refractivity contribution >= 4 is 22.9 Å². The zero-order valence-electron chi connectivity index (χ0n) is 13.7. The first-order valence-electron chi connectivity index (χ1n) is 8.13. The van der Waals surface area contributed by atoms with Gasteiger partial charge in [-0.05, 0) is 40.3 Å². The van der Waals surface area contributed by atoms with Gasteiger partial charge in [0.15, 0.2) is 0 Å². The van der Waals surface area contributed by atoms with Crippen molar-refractivity contribution < 1.29 is 9.84 Å². The second-order valence-electron chi connectivity index (χ2n) is 5.53. The zero-order valence-corrected chi connectivity index (χ0v) is 15.3. The van der Waals surface area contributed by atoms with Crippen LogP contribution in [0.15, 0.2) is 60.0 Å². The van der Waals surface area contributed by atoms with Crippen molar-refractivity contribution in [1.82, 2.24) is 5.32 Å². The van der Waals surface area contributed by atoms with Gasteiger partial charge < -0.3 is 15.2 Å². The number of aliphatic hydroxyl groups is 1. The second kappa shape index (κ2) is 9.02. The van der Waals surface area contributed by atoms with Gasteiger partial charge in [0.2, 0.25) is 0 Å². The van der Waals surface area contributed by atoms with Crippen molar-refractivity contribution in [1.29, 1.82) is 0 Å². The lowest BCUT2D eigenvalue weighted by Gasteiger charge is -2.12. The molecule has 0 bridgehead atoms. The summed E-state index contributed by atoms with van der Waals surface area (Å²) in [7, 11) is 0. The van der Waals surface area contributed by atoms with Crippen LogP contribution in [0.2, 0.25) is 5.02 Å². The van der Waals surface area contributed by atoms with E-state index in [-0.39, 0.29) is 6.61 Å². The maximum atomic E-state index is 9.50. The number of benzene rings is 2. The van der Waals surface area contributed by atoms with Crippen LogP contribution in [-0.2, 0) is 13.2 Å². The summed E-state index contributed by atoms with van der Waals surface area (Å²) in [5, 5.41) is 15.6. The number of rotatable bonds is 8. The molecule has 130 valence electrons. The molecule has 25 heavy (non-hydrogen) atoms. The Labute approximate surface area is 156 Å². The Kier molecular flexibility index (Phi) is 6.48. The van der Waals surface area contributed by atoms with Gasteiger partial charge in [-0.2, -0.15) is 0 Å². The Balaban J connectivity index is 1.56. The maximum absolute atomic E-state index is 9.50. The van der Waals surface area contributed by atoms with Crippen molar-refractivity contribution in [3.8, 4) is 16.9 Å². The van der Waals surface area contributed by atoms with E-state index in [0.717, 1.165) is 29.1 Å². The average Bonchev–Trinajstić information content (AvgIpc) is 3.12. The fourth-order valence-electron chi connectivity index (χ4n) is 2.66. The van der Waals surface area contributed by atoms with Crippen molar-refractivity contribution in [2.24, 2.45) is 0 Å². The molecule has 0 saturated heterocycles. The molecule has 0 aliphatic heterocycles. The monoisotopic (exact) mass is 373 g/mol. The smallest absolute Gasteiger partial charge is 0.137 e. The van der Waals surface area contributed by atoms with E-state index in [1.54, 1.807) is 11.3 Å². The fourth-order valence-corrected chi connectivity index (χ4v) is 3.60. The summed E-state index contributed by atoms with van der Waals surface area (Å²) in [5.74, 6) is 0.706. The van der Waals surface area contributed by atoms with E-state index in [9.17, 15) is 5.11 Å². The molecule has 0 spiro atoms. The van der Waals surface area contributed by atoms with E-state index >= 15 is 0 Å². The largest absolute Gasteiger partial charge is 0.491 e. The predicted molar refractivity (Wildman–Crippen MR) is 104 cm³/mol. The molecule has 0 amide bonds. The highest BCUT2D eigenvalue weighted by Gasteiger charge is 2.10. The van der Waals surface area contributed by atoms with Crippen LogP contribution in [-0.4, -0.2) is 18.3 Å². The van der Waals surface area contributed by atoms with Crippen LogP contribution >= 0.6 is 22.9 Å². The Morgan fingerprint density at radius 2 is 1.80 bits per heavy atom. The van der Waals surface area contributed by atoms with Crippen LogP contribution in [0, 0.1) is 0 Å². The lowest BCUT2D eigenvalue weighted by Crippen LogP contribution is -2.21. The first-order chi connectivity index (χ1) is 12.3. The third kappa shape index (κ3) is 4.61. The minimum absolute atomic E-state index is 0.0699. The molecular weight excluding hydrogens is 354 g/mol. The summed E-state index contributed by atoms with van der Waals surface area (Å²) in [4.78, 5) is 0.995. The van der Waals surface area contributed by atoms with E-state index in [4.69, 9.17) is 16.3 Å². The molecular formula is C20H20ClNO2S. The van der Waals surface area contributed by atoms with Crippen LogP contribution in [0.4, 0.5) is 0 Å². The number of halogens is 1. The zero-order chi connectivity index (χ0) is 17.5. The van der Waals surface area contributed by atoms with Gasteiger partial charge in [0, 0.05) is 18.0 Å². The first-order valence-corrected chi connectivity index (χ1v) is 9.39. The molecule has 5 heteroatoms. The fraction of sp³-hybridized carbons (Fsp3) is 0.200. The molecule has 0 aliphatic carbocycles. The van der Waals surface area contributed by atoms with Gasteiger partial charge in [0.25, 0.3) is 0 Å². The highest BCUT2D eigenvalue weighted by molar-refractivity contribution is 7.10. The van der Waals surface area contributed by atoms with Gasteiger partial charge in [-0.3, -0.25) is 0 Å². The molecule has 1 heterocycles. The number of para-hydroxylation sites is 1. The summed E-state index contributed by atoms with van der Waals surface area (Å²) in [5.41, 5.74) is 3.47. The second-order valence-corrected chi connectivity index (χ2v) is 6.94. The summed E-state index contributed by atoms with van der Waals surface area (Å²) >= 11 is 7.66. The van der Waals surface area contributed by atoms with E-state index < -0.39 is 0 Å². The summed E-state index contributed by atoms with van der Waals surface area (Å²) < 4.78 is 5.69. The van der Waals surface area contributed by atoms with Crippen molar-refractivity contribution in [3.05, 3.63) is 75.4 Å². The van der Waals surface area contributed by atoms with E-state index in [1.807, 2.05) is 41.8 Å². The van der Waals surface area contributed by atoms with Crippen molar-refractivity contribution in [2.75, 3.05) is 13.2 Å². The molecule has 0 radical (unpaired) electrons. The van der Waals surface area contributed by atoms with Crippen LogP contribution in [0.5, 0.6) is 5.75 Å². The van der Waals surface area contributed by atoms with Gasteiger partial charge in [-0.25, -0.2) is 0 Å². The van der Waals surface area contributed by atoms with E-state index in [0.29, 0.717) is 17.4 Å². The van der Waals surface area contributed by atoms with Crippen LogP contribution in [0.3, 0.4) is 0 Å². The molecule has 0 fully saturated rings. The Morgan fingerprint density at radius 1 is 1.00 bits per heavy atom. The molecule has 0 saturated carbocycles. The maximum Gasteiger partial charge on any atom is 0.137 e. The normalized spacial score (nSPS) is 10.8. The average molecular weight is 374 g/mol. The van der Waals surface area contributed by atoms with Crippen LogP contribution in [0.1, 0.15) is 10.4 Å². The van der Waals surface area contributed by atoms with E-state index in [1.165, 1.54) is 5.56 Å². The molecule has 0 aliphatic rings. The Morgan fingerprint density at radius 3 is 2.64 bits per heavy atom. The van der Waals surface area contributed by atoms with Crippen molar-refractivity contribution in [2.45, 2.75) is 13.2 Å². The Bertz CT molecular complexity index is 819. The highest BCUT2D eigenvalue weighted by Crippen LogP contribution is 2.31. The minimum Gasteiger partial charge on any atom is -0.491 e. The summed E-state index contributed by atoms with van der Waals surface area (Å²) in [6.45, 7) is 2.07. The number of ether oxygens (including phenoxy) is 1. The SMILES string of the molecule is OCc1sccc1-c1ccccc1CNCCOc1ccccc1Cl. The Hall–Kier alpha value is -1.85. The molecule has 3 nitrogen and oxygen atoms in total. The van der Waals surface area contributed by atoms with Gasteiger partial charge in [0.05, 0.1) is 11.6 Å². The molecule has 1 aromatic heterocycles. The molecule has 0 unspecified atom stereocenters. The highest BCUT2D eigenvalue weighted by atomic mass is 35.5. The molecule has 3 aromatic rings. The molecule has 2 N–H and O–H groups in total. The summed E-state index contributed by atoms with van der Waals surface area (Å²) in [6, 6.07) is 17.8. The van der Waals surface area contributed by atoms with Gasteiger partial charge in [-0.15, -0.1) is 11.3 Å². The van der Waals surface area contributed by atoms with Crippen LogP contribution in [0.25, 0.3) is 11.1 Å². The first kappa shape index (κ1) is 18.0.